The molecule has 0 N–H and O–H groups in total. The summed E-state index contributed by atoms with van der Waals surface area (Å²) in [5.74, 6) is -0.269. The molecule has 0 aromatic heterocycles. The van der Waals surface area contributed by atoms with E-state index in [4.69, 9.17) is 9.05 Å². The molecule has 0 amide bonds. The summed E-state index contributed by atoms with van der Waals surface area (Å²) < 4.78 is 24.6. The molecule has 2 aromatic rings. The van der Waals surface area contributed by atoms with Crippen LogP contribution in [0.3, 0.4) is 0 Å². The van der Waals surface area contributed by atoms with Crippen LogP contribution in [0.5, 0.6) is 0 Å². The Morgan fingerprint density at radius 2 is 1.06 bits per heavy atom. The van der Waals surface area contributed by atoms with Gasteiger partial charge in [0.05, 0.1) is 0 Å². The average Bonchev–Trinajstić information content (AvgIpc) is 2.74. The van der Waals surface area contributed by atoms with Crippen LogP contribution in [0.4, 0.5) is 0 Å². The maximum Gasteiger partial charge on any atom is 0.697 e. The Hall–Kier alpha value is -2.20. The van der Waals surface area contributed by atoms with Gasteiger partial charge in [0.2, 0.25) is 0 Å². The van der Waals surface area contributed by atoms with Gasteiger partial charge in [-0.2, -0.15) is 0 Å². The fraction of sp³-hybridized carbons (Fsp3) is 0.462. The molecule has 0 spiro atoms. The van der Waals surface area contributed by atoms with E-state index in [9.17, 15) is 14.2 Å². The topological polar surface area (TPSA) is 69.7 Å². The highest BCUT2D eigenvalue weighted by atomic mass is 31.1. The Kier molecular flexibility index (Phi) is 10.9. The lowest BCUT2D eigenvalue weighted by Gasteiger charge is -2.17. The van der Waals surface area contributed by atoms with E-state index in [1.54, 1.807) is 13.8 Å². The van der Waals surface area contributed by atoms with Gasteiger partial charge in [0.15, 0.2) is 0 Å². The summed E-state index contributed by atoms with van der Waals surface area (Å²) in [5, 5.41) is 0. The smallest absolute Gasteiger partial charge is 0.300 e. The molecule has 0 bridgehead atoms. The van der Waals surface area contributed by atoms with E-state index < -0.39 is 20.5 Å². The van der Waals surface area contributed by atoms with Gasteiger partial charge < -0.3 is 0 Å². The normalized spacial score (nSPS) is 15.4. The van der Waals surface area contributed by atoms with Crippen molar-refractivity contribution < 1.29 is 23.2 Å². The Morgan fingerprint density at radius 1 is 0.719 bits per heavy atom. The van der Waals surface area contributed by atoms with E-state index >= 15 is 0 Å². The van der Waals surface area contributed by atoms with Crippen molar-refractivity contribution in [2.45, 2.75) is 65.6 Å². The third-order valence-electron chi connectivity index (χ3n) is 5.70. The number of rotatable bonds is 14. The van der Waals surface area contributed by atoms with Crippen molar-refractivity contribution >= 4 is 19.8 Å². The molecule has 2 rings (SSSR count). The highest BCUT2D eigenvalue weighted by Gasteiger charge is 2.34. The number of ketones is 2. The highest BCUT2D eigenvalue weighted by Crippen LogP contribution is 2.34. The van der Waals surface area contributed by atoms with E-state index in [0.717, 1.165) is 11.1 Å². The minimum absolute atomic E-state index is 0.0695. The van der Waals surface area contributed by atoms with Crippen molar-refractivity contribution in [1.29, 1.82) is 0 Å². The first-order valence-electron chi connectivity index (χ1n) is 11.1. The van der Waals surface area contributed by atoms with Gasteiger partial charge in [-0.1, -0.05) is 74.5 Å². The van der Waals surface area contributed by atoms with Crippen molar-refractivity contribution in [2.24, 2.45) is 11.8 Å². The maximum atomic E-state index is 12.9. The van der Waals surface area contributed by atoms with Gasteiger partial charge in [-0.3, -0.25) is 9.59 Å². The first-order valence-corrected chi connectivity index (χ1v) is 12.2. The number of hydrogen-bond acceptors (Lipinski definition) is 5. The Labute approximate surface area is 192 Å². The van der Waals surface area contributed by atoms with Crippen molar-refractivity contribution in [3.8, 4) is 0 Å². The van der Waals surface area contributed by atoms with Crippen LogP contribution in [0.1, 0.15) is 51.7 Å². The summed E-state index contributed by atoms with van der Waals surface area (Å²) in [5.41, 5.74) is 2.09. The first kappa shape index (κ1) is 26.1. The van der Waals surface area contributed by atoms with Gasteiger partial charge >= 0.3 is 8.25 Å². The molecule has 0 aliphatic carbocycles. The predicted molar refractivity (Wildman–Crippen MR) is 127 cm³/mol. The van der Waals surface area contributed by atoms with Crippen molar-refractivity contribution in [3.63, 3.8) is 0 Å². The molecule has 0 saturated carbocycles. The van der Waals surface area contributed by atoms with Crippen LogP contribution in [0.2, 0.25) is 0 Å². The summed E-state index contributed by atoms with van der Waals surface area (Å²) >= 11 is 0. The van der Waals surface area contributed by atoms with Crippen molar-refractivity contribution in [3.05, 3.63) is 71.8 Å². The molecule has 0 fully saturated rings. The van der Waals surface area contributed by atoms with E-state index in [2.05, 4.69) is 0 Å². The van der Waals surface area contributed by atoms with Crippen LogP contribution in [0.25, 0.3) is 0 Å². The minimum atomic E-state index is -2.42. The molecular weight excluding hydrogens is 423 g/mol. The second kappa shape index (κ2) is 13.4. The van der Waals surface area contributed by atoms with Gasteiger partial charge in [-0.25, -0.2) is 0 Å². The quantitative estimate of drug-likeness (QED) is 0.319. The minimum Gasteiger partial charge on any atom is -0.300 e. The zero-order valence-electron chi connectivity index (χ0n) is 19.4. The fourth-order valence-corrected chi connectivity index (χ4v) is 4.33. The molecule has 0 radical (unpaired) electrons. The third kappa shape index (κ3) is 9.52. The van der Waals surface area contributed by atoms with Crippen LogP contribution in [-0.2, 0) is 36.0 Å². The van der Waals surface area contributed by atoms with Crippen LogP contribution in [-0.4, -0.2) is 23.8 Å². The van der Waals surface area contributed by atoms with Gasteiger partial charge in [-0.15, -0.1) is 9.05 Å². The molecule has 4 unspecified atom stereocenters. The molecule has 172 valence electrons. The summed E-state index contributed by atoms with van der Waals surface area (Å²) in [6, 6.07) is 19.6. The Bertz CT molecular complexity index is 797. The molecule has 32 heavy (non-hydrogen) atoms. The lowest BCUT2D eigenvalue weighted by Crippen LogP contribution is -2.23. The zero-order valence-corrected chi connectivity index (χ0v) is 20.3. The van der Waals surface area contributed by atoms with E-state index in [1.165, 1.54) is 0 Å². The second-order valence-electron chi connectivity index (χ2n) is 8.55. The van der Waals surface area contributed by atoms with Gasteiger partial charge in [0, 0.05) is 29.2 Å². The SMILES string of the molecule is CC(=O)C(C)CC(Cc1ccccc1)O[P+](=O)OC(Cc1ccccc1)CC(C)C(C)=O. The Balaban J connectivity index is 2.09. The second-order valence-corrected chi connectivity index (χ2v) is 9.42. The molecule has 2 aromatic carbocycles. The highest BCUT2D eigenvalue weighted by molar-refractivity contribution is 7.33. The van der Waals surface area contributed by atoms with Crippen molar-refractivity contribution in [1.82, 2.24) is 0 Å². The third-order valence-corrected chi connectivity index (χ3v) is 6.64. The largest absolute Gasteiger partial charge is 0.697 e. The lowest BCUT2D eigenvalue weighted by molar-refractivity contribution is -0.121. The summed E-state index contributed by atoms with van der Waals surface area (Å²) in [4.78, 5) is 23.6. The van der Waals surface area contributed by atoms with Gasteiger partial charge in [-0.05, 0) is 37.8 Å². The van der Waals surface area contributed by atoms with E-state index in [1.807, 2.05) is 74.5 Å². The van der Waals surface area contributed by atoms with Crippen LogP contribution >= 0.6 is 8.25 Å². The number of Topliss-reactive ketones (excluding diaryl/α,β-unsaturated/α-hetero) is 2. The molecule has 6 heteroatoms. The van der Waals surface area contributed by atoms with Gasteiger partial charge in [0.25, 0.3) is 0 Å². The monoisotopic (exact) mass is 457 g/mol. The van der Waals surface area contributed by atoms with Crippen LogP contribution < -0.4 is 0 Å². The lowest BCUT2D eigenvalue weighted by atomic mass is 9.96. The molecule has 0 aliphatic heterocycles. The average molecular weight is 458 g/mol. The van der Waals surface area contributed by atoms with Crippen LogP contribution in [0.15, 0.2) is 60.7 Å². The number of carbonyl (C=O) groups excluding carboxylic acids is 2. The summed E-state index contributed by atoms with van der Waals surface area (Å²) in [6.07, 6.45) is 1.17. The summed E-state index contributed by atoms with van der Waals surface area (Å²) in [6.45, 7) is 6.81. The first-order chi connectivity index (χ1) is 15.2. The molecule has 0 saturated heterocycles. The molecule has 5 nitrogen and oxygen atoms in total. The van der Waals surface area contributed by atoms with E-state index in [0.29, 0.717) is 25.7 Å². The number of carbonyl (C=O) groups is 2. The van der Waals surface area contributed by atoms with Crippen LogP contribution in [0, 0.1) is 11.8 Å². The predicted octanol–water partition coefficient (Wildman–Crippen LogP) is 6.13. The van der Waals surface area contributed by atoms with E-state index in [-0.39, 0.29) is 23.4 Å². The van der Waals surface area contributed by atoms with Crippen molar-refractivity contribution in [2.75, 3.05) is 0 Å². The molecule has 0 aliphatic rings. The molecule has 4 atom stereocenters. The standard InChI is InChI=1S/C26H34O5P/c1-19(21(3)27)15-25(17-23-11-7-5-8-12-23)30-32(29)31-26(16-20(2)22(4)28)18-24-13-9-6-10-14-24/h5-14,19-20,25-26H,15-18H2,1-4H3/q+1. The van der Waals surface area contributed by atoms with Gasteiger partial charge in [0.1, 0.15) is 23.8 Å². The molecule has 0 heterocycles. The molecular formula is C26H34O5P+. The number of hydrogen-bond donors (Lipinski definition) is 0. The maximum absolute atomic E-state index is 12.9. The fourth-order valence-electron chi connectivity index (χ4n) is 3.47. The summed E-state index contributed by atoms with van der Waals surface area (Å²) in [7, 11) is -2.42. The Morgan fingerprint density at radius 3 is 1.38 bits per heavy atom. The zero-order chi connectivity index (χ0) is 23.5. The number of benzene rings is 2.